The normalized spacial score (nSPS) is 13.6. The summed E-state index contributed by atoms with van der Waals surface area (Å²) >= 11 is 3.45. The van der Waals surface area contributed by atoms with E-state index in [2.05, 4.69) is 20.7 Å². The standard InChI is InChI=1S/C14H16BrNO2S/c1-3-10(2)16-19(17,18)14-9-8-13(15)11-6-4-5-7-12(11)14/h4-10,16H,3H2,1-2H3. The van der Waals surface area contributed by atoms with Crippen LogP contribution in [-0.2, 0) is 10.0 Å². The van der Waals surface area contributed by atoms with E-state index >= 15 is 0 Å². The van der Waals surface area contributed by atoms with Crippen molar-refractivity contribution in [3.05, 3.63) is 40.9 Å². The largest absolute Gasteiger partial charge is 0.241 e. The minimum Gasteiger partial charge on any atom is -0.208 e. The second kappa shape index (κ2) is 5.61. The predicted molar refractivity (Wildman–Crippen MR) is 81.7 cm³/mol. The molecule has 1 atom stereocenters. The SMILES string of the molecule is CCC(C)NS(=O)(=O)c1ccc(Br)c2ccccc12. The number of benzene rings is 2. The zero-order valence-electron chi connectivity index (χ0n) is 10.9. The van der Waals surface area contributed by atoms with Gasteiger partial charge in [-0.25, -0.2) is 13.1 Å². The molecule has 2 aromatic carbocycles. The van der Waals surface area contributed by atoms with Gasteiger partial charge in [-0.3, -0.25) is 0 Å². The van der Waals surface area contributed by atoms with Gasteiger partial charge in [0.25, 0.3) is 0 Å². The number of nitrogens with one attached hydrogen (secondary N) is 1. The van der Waals surface area contributed by atoms with Crippen molar-refractivity contribution in [3.63, 3.8) is 0 Å². The van der Waals surface area contributed by atoms with Crippen LogP contribution < -0.4 is 4.72 Å². The van der Waals surface area contributed by atoms with Crippen molar-refractivity contribution < 1.29 is 8.42 Å². The van der Waals surface area contributed by atoms with Gasteiger partial charge in [-0.1, -0.05) is 47.1 Å². The van der Waals surface area contributed by atoms with Crippen LogP contribution in [0.1, 0.15) is 20.3 Å². The van der Waals surface area contributed by atoms with Crippen LogP contribution in [0.15, 0.2) is 45.8 Å². The van der Waals surface area contributed by atoms with Gasteiger partial charge in [-0.2, -0.15) is 0 Å². The molecule has 2 rings (SSSR count). The van der Waals surface area contributed by atoms with Crippen LogP contribution >= 0.6 is 15.9 Å². The van der Waals surface area contributed by atoms with Gasteiger partial charge in [0.15, 0.2) is 0 Å². The van der Waals surface area contributed by atoms with Crippen LogP contribution in [0.2, 0.25) is 0 Å². The molecular formula is C14H16BrNO2S. The molecule has 0 spiro atoms. The van der Waals surface area contributed by atoms with Crippen molar-refractivity contribution in [2.45, 2.75) is 31.2 Å². The van der Waals surface area contributed by atoms with Crippen molar-refractivity contribution in [2.24, 2.45) is 0 Å². The van der Waals surface area contributed by atoms with Crippen LogP contribution in [0.4, 0.5) is 0 Å². The van der Waals surface area contributed by atoms with Crippen molar-refractivity contribution >= 4 is 36.7 Å². The number of hydrogen-bond acceptors (Lipinski definition) is 2. The molecule has 0 aromatic heterocycles. The first kappa shape index (κ1) is 14.5. The average Bonchev–Trinajstić information content (AvgIpc) is 2.38. The first-order chi connectivity index (χ1) is 8.95. The highest BCUT2D eigenvalue weighted by molar-refractivity contribution is 9.10. The van der Waals surface area contributed by atoms with Crippen LogP contribution in [0.3, 0.4) is 0 Å². The third kappa shape index (κ3) is 2.99. The number of halogens is 1. The molecule has 0 amide bonds. The maximum atomic E-state index is 12.4. The van der Waals surface area contributed by atoms with Crippen molar-refractivity contribution in [2.75, 3.05) is 0 Å². The van der Waals surface area contributed by atoms with Gasteiger partial charge in [0.1, 0.15) is 0 Å². The maximum Gasteiger partial charge on any atom is 0.241 e. The molecule has 1 N–H and O–H groups in total. The lowest BCUT2D eigenvalue weighted by molar-refractivity contribution is 0.556. The second-order valence-electron chi connectivity index (χ2n) is 4.52. The Bertz CT molecular complexity index is 698. The molecule has 0 fully saturated rings. The summed E-state index contributed by atoms with van der Waals surface area (Å²) in [6.45, 7) is 3.81. The summed E-state index contributed by atoms with van der Waals surface area (Å²) in [5.74, 6) is 0. The van der Waals surface area contributed by atoms with Gasteiger partial charge < -0.3 is 0 Å². The van der Waals surface area contributed by atoms with Crippen molar-refractivity contribution in [1.29, 1.82) is 0 Å². The molecule has 0 saturated heterocycles. The summed E-state index contributed by atoms with van der Waals surface area (Å²) in [5, 5.41) is 1.63. The molecule has 102 valence electrons. The minimum absolute atomic E-state index is 0.0765. The second-order valence-corrected chi connectivity index (χ2v) is 7.06. The topological polar surface area (TPSA) is 46.2 Å². The Labute approximate surface area is 122 Å². The van der Waals surface area contributed by atoms with Gasteiger partial charge in [0.05, 0.1) is 4.90 Å². The molecule has 0 radical (unpaired) electrons. The molecular weight excluding hydrogens is 326 g/mol. The molecule has 0 bridgehead atoms. The zero-order valence-corrected chi connectivity index (χ0v) is 13.3. The summed E-state index contributed by atoms with van der Waals surface area (Å²) < 4.78 is 28.4. The predicted octanol–water partition coefficient (Wildman–Crippen LogP) is 3.68. The fraction of sp³-hybridized carbons (Fsp3) is 0.286. The van der Waals surface area contributed by atoms with E-state index in [4.69, 9.17) is 0 Å². The molecule has 0 aliphatic rings. The van der Waals surface area contributed by atoms with Crippen LogP contribution in [0, 0.1) is 0 Å². The van der Waals surface area contributed by atoms with Gasteiger partial charge in [-0.15, -0.1) is 0 Å². The lowest BCUT2D eigenvalue weighted by Gasteiger charge is -2.14. The minimum atomic E-state index is -3.49. The summed E-state index contributed by atoms with van der Waals surface area (Å²) in [4.78, 5) is 0.326. The quantitative estimate of drug-likeness (QED) is 0.921. The molecule has 0 aliphatic carbocycles. The van der Waals surface area contributed by atoms with Crippen LogP contribution in [-0.4, -0.2) is 14.5 Å². The van der Waals surface area contributed by atoms with E-state index in [1.165, 1.54) is 0 Å². The molecule has 0 aliphatic heterocycles. The Morgan fingerprint density at radius 3 is 2.42 bits per heavy atom. The monoisotopic (exact) mass is 341 g/mol. The molecule has 3 nitrogen and oxygen atoms in total. The van der Waals surface area contributed by atoms with E-state index in [-0.39, 0.29) is 6.04 Å². The lowest BCUT2D eigenvalue weighted by atomic mass is 10.1. The first-order valence-electron chi connectivity index (χ1n) is 6.15. The third-order valence-corrected chi connectivity index (χ3v) is 5.43. The first-order valence-corrected chi connectivity index (χ1v) is 8.43. The summed E-state index contributed by atoms with van der Waals surface area (Å²) in [6, 6.07) is 10.8. The fourth-order valence-corrected chi connectivity index (χ4v) is 3.90. The molecule has 5 heteroatoms. The number of rotatable bonds is 4. The maximum absolute atomic E-state index is 12.4. The highest BCUT2D eigenvalue weighted by Gasteiger charge is 2.19. The third-order valence-electron chi connectivity index (χ3n) is 3.09. The van der Waals surface area contributed by atoms with E-state index < -0.39 is 10.0 Å². The Balaban J connectivity index is 2.60. The molecule has 0 heterocycles. The van der Waals surface area contributed by atoms with Crippen molar-refractivity contribution in [3.8, 4) is 0 Å². The number of fused-ring (bicyclic) bond motifs is 1. The lowest BCUT2D eigenvalue weighted by Crippen LogP contribution is -2.32. The van der Waals surface area contributed by atoms with Crippen LogP contribution in [0.25, 0.3) is 10.8 Å². The van der Waals surface area contributed by atoms with E-state index in [0.29, 0.717) is 4.90 Å². The van der Waals surface area contributed by atoms with Crippen LogP contribution in [0.5, 0.6) is 0 Å². The highest BCUT2D eigenvalue weighted by Crippen LogP contribution is 2.29. The Morgan fingerprint density at radius 1 is 1.16 bits per heavy atom. The Morgan fingerprint density at radius 2 is 1.79 bits per heavy atom. The van der Waals surface area contributed by atoms with Crippen molar-refractivity contribution in [1.82, 2.24) is 4.72 Å². The highest BCUT2D eigenvalue weighted by atomic mass is 79.9. The van der Waals surface area contributed by atoms with Gasteiger partial charge in [0.2, 0.25) is 10.0 Å². The van der Waals surface area contributed by atoms with Gasteiger partial charge in [-0.05, 0) is 30.9 Å². The molecule has 2 aromatic rings. The van der Waals surface area contributed by atoms with E-state index in [0.717, 1.165) is 21.7 Å². The van der Waals surface area contributed by atoms with Gasteiger partial charge >= 0.3 is 0 Å². The van der Waals surface area contributed by atoms with Gasteiger partial charge in [0, 0.05) is 15.9 Å². The summed E-state index contributed by atoms with van der Waals surface area (Å²) in [6.07, 6.45) is 0.758. The van der Waals surface area contributed by atoms with E-state index in [1.54, 1.807) is 12.1 Å². The number of sulfonamides is 1. The Hall–Kier alpha value is -0.910. The van der Waals surface area contributed by atoms with E-state index in [9.17, 15) is 8.42 Å². The molecule has 19 heavy (non-hydrogen) atoms. The zero-order chi connectivity index (χ0) is 14.0. The molecule has 0 saturated carbocycles. The summed E-state index contributed by atoms with van der Waals surface area (Å²) in [5.41, 5.74) is 0. The number of hydrogen-bond donors (Lipinski definition) is 1. The average molecular weight is 342 g/mol. The fourth-order valence-electron chi connectivity index (χ4n) is 1.88. The smallest absolute Gasteiger partial charge is 0.208 e. The van der Waals surface area contributed by atoms with E-state index in [1.807, 2.05) is 38.1 Å². The molecule has 1 unspecified atom stereocenters. The summed E-state index contributed by atoms with van der Waals surface area (Å²) in [7, 11) is -3.49. The Kier molecular flexibility index (Phi) is 4.28.